The monoisotopic (exact) mass is 539 g/mol. The van der Waals surface area contributed by atoms with Crippen LogP contribution in [0.4, 0.5) is 5.95 Å². The smallest absolute Gasteiger partial charge is 0.302 e. The summed E-state index contributed by atoms with van der Waals surface area (Å²) in [5, 5.41) is 11.6. The van der Waals surface area contributed by atoms with Gasteiger partial charge < -0.3 is 19.6 Å². The fourth-order valence-corrected chi connectivity index (χ4v) is 5.14. The van der Waals surface area contributed by atoms with Gasteiger partial charge in [0, 0.05) is 5.56 Å². The molecule has 3 aromatic carbocycles. The predicted molar refractivity (Wildman–Crippen MR) is 155 cm³/mol. The number of fused-ring (bicyclic) bond motifs is 1. The Balaban J connectivity index is 1.73. The number of anilines is 1. The Bertz CT molecular complexity index is 1630. The van der Waals surface area contributed by atoms with Crippen LogP contribution in [0.1, 0.15) is 60.5 Å². The highest BCUT2D eigenvalue weighted by Gasteiger charge is 2.48. The second-order valence-corrected chi connectivity index (χ2v) is 10.3. The number of nitrogens with one attached hydrogen (secondary N) is 1. The summed E-state index contributed by atoms with van der Waals surface area (Å²) in [5.74, 6) is -0.234. The average molecular weight is 540 g/mol. The van der Waals surface area contributed by atoms with Crippen LogP contribution >= 0.6 is 0 Å². The van der Waals surface area contributed by atoms with E-state index in [4.69, 9.17) is 9.47 Å². The number of carbonyl (C=O) groups is 2. The number of aromatic nitrogens is 2. The zero-order valence-electron chi connectivity index (χ0n) is 23.5. The van der Waals surface area contributed by atoms with Gasteiger partial charge in [0.25, 0.3) is 5.78 Å². The van der Waals surface area contributed by atoms with Crippen molar-refractivity contribution < 1.29 is 24.2 Å². The van der Waals surface area contributed by atoms with Gasteiger partial charge in [-0.3, -0.25) is 14.5 Å². The van der Waals surface area contributed by atoms with Gasteiger partial charge in [-0.05, 0) is 91.4 Å². The van der Waals surface area contributed by atoms with Gasteiger partial charge in [0.15, 0.2) is 0 Å². The Morgan fingerprint density at radius 1 is 1.07 bits per heavy atom. The van der Waals surface area contributed by atoms with Crippen LogP contribution in [0.2, 0.25) is 0 Å². The first kappa shape index (κ1) is 27.0. The van der Waals surface area contributed by atoms with E-state index in [9.17, 15) is 14.7 Å². The molecule has 5 rings (SSSR count). The van der Waals surface area contributed by atoms with Crippen LogP contribution < -0.4 is 14.4 Å². The van der Waals surface area contributed by atoms with Crippen molar-refractivity contribution in [3.63, 3.8) is 0 Å². The van der Waals surface area contributed by atoms with Crippen LogP contribution in [0.15, 0.2) is 60.2 Å². The molecule has 1 atom stereocenters. The summed E-state index contributed by atoms with van der Waals surface area (Å²) in [6.07, 6.45) is 0. The number of H-pyrrole nitrogens is 1. The van der Waals surface area contributed by atoms with Crippen LogP contribution in [-0.4, -0.2) is 40.5 Å². The number of ether oxygens (including phenoxy) is 2. The molecular formula is C32H33N3O5. The van der Waals surface area contributed by atoms with Gasteiger partial charge in [0.2, 0.25) is 5.95 Å². The van der Waals surface area contributed by atoms with Crippen molar-refractivity contribution in [1.82, 2.24) is 9.97 Å². The Morgan fingerprint density at radius 3 is 2.52 bits per heavy atom. The first-order valence-corrected chi connectivity index (χ1v) is 13.3. The SMILES string of the molecule is CCOc1ccc(/C(O)=C2\C(=O)C(=O)N(c3nc4cc(C)c(C)cc4[nH]3)C2c2cccc(OC)c2)cc1C(C)C. The molecule has 0 saturated carbocycles. The molecular weight excluding hydrogens is 506 g/mol. The zero-order chi connectivity index (χ0) is 28.7. The van der Waals surface area contributed by atoms with Crippen molar-refractivity contribution >= 4 is 34.4 Å². The molecule has 1 aromatic heterocycles. The Morgan fingerprint density at radius 2 is 1.82 bits per heavy atom. The normalized spacial score (nSPS) is 16.8. The highest BCUT2D eigenvalue weighted by Crippen LogP contribution is 2.43. The van der Waals surface area contributed by atoms with Gasteiger partial charge in [-0.1, -0.05) is 26.0 Å². The van der Waals surface area contributed by atoms with Crippen LogP contribution in [-0.2, 0) is 9.59 Å². The molecule has 0 spiro atoms. The molecule has 0 bridgehead atoms. The molecule has 2 N–H and O–H groups in total. The van der Waals surface area contributed by atoms with Gasteiger partial charge in [-0.2, -0.15) is 0 Å². The molecule has 1 unspecified atom stereocenters. The number of imidazole rings is 1. The van der Waals surface area contributed by atoms with Crippen LogP contribution in [0.25, 0.3) is 16.8 Å². The molecule has 1 amide bonds. The van der Waals surface area contributed by atoms with Gasteiger partial charge >= 0.3 is 5.91 Å². The summed E-state index contributed by atoms with van der Waals surface area (Å²) in [6.45, 7) is 10.5. The number of amides is 1. The minimum absolute atomic E-state index is 0.0232. The molecule has 1 fully saturated rings. The molecule has 8 nitrogen and oxygen atoms in total. The number of Topliss-reactive ketones (excluding diaryl/α,β-unsaturated/α-hetero) is 1. The number of aliphatic hydroxyl groups is 1. The van der Waals surface area contributed by atoms with Crippen molar-refractivity contribution in [2.45, 2.75) is 46.6 Å². The summed E-state index contributed by atoms with van der Waals surface area (Å²) >= 11 is 0. The van der Waals surface area contributed by atoms with E-state index in [1.54, 1.807) is 43.5 Å². The fraction of sp³-hybridized carbons (Fsp3) is 0.281. The van der Waals surface area contributed by atoms with Crippen molar-refractivity contribution in [2.75, 3.05) is 18.6 Å². The topological polar surface area (TPSA) is 105 Å². The highest BCUT2D eigenvalue weighted by atomic mass is 16.5. The molecule has 1 aliphatic heterocycles. The highest BCUT2D eigenvalue weighted by molar-refractivity contribution is 6.51. The van der Waals surface area contributed by atoms with Crippen molar-refractivity contribution in [3.05, 3.63) is 88.0 Å². The van der Waals surface area contributed by atoms with Crippen molar-refractivity contribution in [2.24, 2.45) is 0 Å². The lowest BCUT2D eigenvalue weighted by atomic mass is 9.93. The number of aromatic amines is 1. The molecule has 8 heteroatoms. The molecule has 2 heterocycles. The molecule has 0 aliphatic carbocycles. The van der Waals surface area contributed by atoms with Gasteiger partial charge in [-0.15, -0.1) is 0 Å². The van der Waals surface area contributed by atoms with Crippen molar-refractivity contribution in [3.8, 4) is 11.5 Å². The minimum atomic E-state index is -0.938. The number of aryl methyl sites for hydroxylation is 2. The molecule has 40 heavy (non-hydrogen) atoms. The van der Waals surface area contributed by atoms with Crippen LogP contribution in [0.3, 0.4) is 0 Å². The number of carbonyl (C=O) groups excluding carboxylic acids is 2. The van der Waals surface area contributed by atoms with Gasteiger partial charge in [0.1, 0.15) is 17.3 Å². The molecule has 0 radical (unpaired) electrons. The zero-order valence-corrected chi connectivity index (χ0v) is 23.5. The van der Waals surface area contributed by atoms with E-state index < -0.39 is 17.7 Å². The summed E-state index contributed by atoms with van der Waals surface area (Å²) in [5.41, 5.74) is 5.46. The summed E-state index contributed by atoms with van der Waals surface area (Å²) in [7, 11) is 1.55. The Hall–Kier alpha value is -4.59. The second kappa shape index (κ2) is 10.5. The Labute approximate surface area is 233 Å². The van der Waals surface area contributed by atoms with E-state index in [1.165, 1.54) is 4.90 Å². The number of hydrogen-bond donors (Lipinski definition) is 2. The summed E-state index contributed by atoms with van der Waals surface area (Å²) in [4.78, 5) is 36.5. The maximum atomic E-state index is 13.6. The number of rotatable bonds is 7. The first-order valence-electron chi connectivity index (χ1n) is 13.3. The van der Waals surface area contributed by atoms with Crippen molar-refractivity contribution in [1.29, 1.82) is 0 Å². The lowest BCUT2D eigenvalue weighted by Crippen LogP contribution is -2.30. The second-order valence-electron chi connectivity index (χ2n) is 10.3. The van der Waals surface area contributed by atoms with E-state index in [-0.39, 0.29) is 23.2 Å². The van der Waals surface area contributed by atoms with E-state index >= 15 is 0 Å². The maximum Gasteiger partial charge on any atom is 0.302 e. The maximum absolute atomic E-state index is 13.6. The molecule has 1 saturated heterocycles. The number of hydrogen-bond acceptors (Lipinski definition) is 6. The molecule has 206 valence electrons. The first-order chi connectivity index (χ1) is 19.1. The fourth-order valence-electron chi connectivity index (χ4n) is 5.14. The summed E-state index contributed by atoms with van der Waals surface area (Å²) < 4.78 is 11.2. The third kappa shape index (κ3) is 4.59. The van der Waals surface area contributed by atoms with Crippen LogP contribution in [0, 0.1) is 13.8 Å². The minimum Gasteiger partial charge on any atom is -0.507 e. The Kier molecular flexibility index (Phi) is 7.10. The quantitative estimate of drug-likeness (QED) is 0.161. The lowest BCUT2D eigenvalue weighted by Gasteiger charge is -2.23. The summed E-state index contributed by atoms with van der Waals surface area (Å²) in [6, 6.07) is 15.4. The molecule has 4 aromatic rings. The number of ketones is 1. The molecule has 1 aliphatic rings. The number of nitrogens with zero attached hydrogens (tertiary/aromatic N) is 2. The number of aliphatic hydroxyl groups excluding tert-OH is 1. The van der Waals surface area contributed by atoms with Gasteiger partial charge in [-0.25, -0.2) is 4.98 Å². The third-order valence-corrected chi connectivity index (χ3v) is 7.37. The standard InChI is InChI=1S/C32H33N3O5/c1-7-40-26-12-11-21(16-23(26)17(2)3)29(36)27-28(20-9-8-10-22(15-20)39-6)35(31(38)30(27)37)32-33-24-13-18(4)19(5)14-25(24)34-32/h8-17,28,36H,7H2,1-6H3,(H,33,34)/b29-27+. The van der Waals surface area contributed by atoms with Crippen LogP contribution in [0.5, 0.6) is 11.5 Å². The van der Waals surface area contributed by atoms with E-state index in [2.05, 4.69) is 9.97 Å². The van der Waals surface area contributed by atoms with Gasteiger partial charge in [0.05, 0.1) is 36.4 Å². The largest absolute Gasteiger partial charge is 0.507 e. The van der Waals surface area contributed by atoms with E-state index in [0.29, 0.717) is 34.7 Å². The number of methoxy groups -OCH3 is 1. The number of benzene rings is 3. The predicted octanol–water partition coefficient (Wildman–Crippen LogP) is 6.34. The average Bonchev–Trinajstić information content (AvgIpc) is 3.45. The lowest BCUT2D eigenvalue weighted by molar-refractivity contribution is -0.132. The third-order valence-electron chi connectivity index (χ3n) is 7.37. The van der Waals surface area contributed by atoms with E-state index in [1.807, 2.05) is 52.8 Å². The van der Waals surface area contributed by atoms with E-state index in [0.717, 1.165) is 22.2 Å².